The second-order valence-corrected chi connectivity index (χ2v) is 4.78. The number of nitro groups is 1. The third-order valence-corrected chi connectivity index (χ3v) is 3.43. The van der Waals surface area contributed by atoms with Gasteiger partial charge >= 0.3 is 0 Å². The predicted octanol–water partition coefficient (Wildman–Crippen LogP) is 2.82. The van der Waals surface area contributed by atoms with Gasteiger partial charge in [-0.2, -0.15) is 0 Å². The van der Waals surface area contributed by atoms with Crippen molar-refractivity contribution < 1.29 is 9.72 Å². The molecule has 0 aromatic heterocycles. The molecular weight excluding hydrogens is 270 g/mol. The molecule has 0 aliphatic carbocycles. The Labute approximate surface area is 120 Å². The molecule has 6 nitrogen and oxygen atoms in total. The molecule has 0 unspecified atom stereocenters. The lowest BCUT2D eigenvalue weighted by Gasteiger charge is -2.07. The van der Waals surface area contributed by atoms with Crippen LogP contribution in [0.3, 0.4) is 0 Å². The summed E-state index contributed by atoms with van der Waals surface area (Å²) in [7, 11) is 0. The van der Waals surface area contributed by atoms with Crippen molar-refractivity contribution in [3.63, 3.8) is 0 Å². The number of benzene rings is 2. The van der Waals surface area contributed by atoms with Crippen molar-refractivity contribution in [1.29, 1.82) is 0 Å². The average Bonchev–Trinajstić information content (AvgIpc) is 2.94. The number of nitro benzene ring substituents is 1. The number of anilines is 2. The monoisotopic (exact) mass is 283 g/mol. The summed E-state index contributed by atoms with van der Waals surface area (Å²) < 4.78 is 0. The third kappa shape index (κ3) is 2.55. The molecule has 0 spiro atoms. The molecule has 0 fully saturated rings. The zero-order valence-electron chi connectivity index (χ0n) is 11.1. The van der Waals surface area contributed by atoms with Crippen LogP contribution in [0.1, 0.15) is 15.9 Å². The number of rotatable bonds is 3. The van der Waals surface area contributed by atoms with Gasteiger partial charge in [0, 0.05) is 23.9 Å². The van der Waals surface area contributed by atoms with Gasteiger partial charge in [0.1, 0.15) is 5.69 Å². The first-order chi connectivity index (χ1) is 10.1. The molecule has 0 saturated heterocycles. The van der Waals surface area contributed by atoms with Crippen molar-refractivity contribution in [3.8, 4) is 0 Å². The van der Waals surface area contributed by atoms with Gasteiger partial charge in [0.25, 0.3) is 11.6 Å². The summed E-state index contributed by atoms with van der Waals surface area (Å²) in [6.07, 6.45) is 0.946. The fourth-order valence-corrected chi connectivity index (χ4v) is 2.37. The van der Waals surface area contributed by atoms with Crippen LogP contribution in [0, 0.1) is 10.1 Å². The topological polar surface area (TPSA) is 84.3 Å². The minimum Gasteiger partial charge on any atom is -0.384 e. The summed E-state index contributed by atoms with van der Waals surface area (Å²) >= 11 is 0. The van der Waals surface area contributed by atoms with Gasteiger partial charge < -0.3 is 10.6 Å². The molecule has 1 amide bonds. The lowest BCUT2D eigenvalue weighted by atomic mass is 10.1. The van der Waals surface area contributed by atoms with Gasteiger partial charge in [-0.3, -0.25) is 14.9 Å². The molecule has 1 aliphatic heterocycles. The lowest BCUT2D eigenvalue weighted by Crippen LogP contribution is -2.13. The van der Waals surface area contributed by atoms with Gasteiger partial charge in [-0.1, -0.05) is 18.2 Å². The summed E-state index contributed by atoms with van der Waals surface area (Å²) in [5.41, 5.74) is 2.68. The highest BCUT2D eigenvalue weighted by molar-refractivity contribution is 6.06. The smallest absolute Gasteiger partial charge is 0.292 e. The van der Waals surface area contributed by atoms with E-state index < -0.39 is 4.92 Å². The van der Waals surface area contributed by atoms with Crippen LogP contribution in [0.25, 0.3) is 0 Å². The Morgan fingerprint density at radius 1 is 1.24 bits per heavy atom. The SMILES string of the molecule is O=C(Nc1ccccc1[N+](=O)[O-])c1ccc2c(c1)NCC2. The maximum absolute atomic E-state index is 12.2. The van der Waals surface area contributed by atoms with E-state index in [2.05, 4.69) is 10.6 Å². The quantitative estimate of drug-likeness (QED) is 0.670. The molecule has 106 valence electrons. The van der Waals surface area contributed by atoms with E-state index in [1.54, 1.807) is 24.3 Å². The van der Waals surface area contributed by atoms with E-state index in [0.29, 0.717) is 5.56 Å². The van der Waals surface area contributed by atoms with Crippen LogP contribution in [0.4, 0.5) is 17.1 Å². The molecule has 1 aliphatic rings. The van der Waals surface area contributed by atoms with Crippen molar-refractivity contribution in [1.82, 2.24) is 0 Å². The standard InChI is InChI=1S/C15H13N3O3/c19-15(11-6-5-10-7-8-16-13(10)9-11)17-12-3-1-2-4-14(12)18(20)21/h1-6,9,16H,7-8H2,(H,17,19). The first kappa shape index (κ1) is 13.1. The third-order valence-electron chi connectivity index (χ3n) is 3.43. The second kappa shape index (κ2) is 5.24. The molecule has 21 heavy (non-hydrogen) atoms. The van der Waals surface area contributed by atoms with E-state index in [-0.39, 0.29) is 17.3 Å². The zero-order chi connectivity index (χ0) is 14.8. The Hall–Kier alpha value is -2.89. The van der Waals surface area contributed by atoms with Gasteiger partial charge in [0.15, 0.2) is 0 Å². The molecule has 1 heterocycles. The summed E-state index contributed by atoms with van der Waals surface area (Å²) in [5.74, 6) is -0.360. The molecular formula is C15H13N3O3. The van der Waals surface area contributed by atoms with E-state index >= 15 is 0 Å². The minimum atomic E-state index is -0.514. The Morgan fingerprint density at radius 2 is 2.05 bits per heavy atom. The van der Waals surface area contributed by atoms with E-state index in [0.717, 1.165) is 18.7 Å². The fourth-order valence-electron chi connectivity index (χ4n) is 2.37. The van der Waals surface area contributed by atoms with Gasteiger partial charge in [-0.25, -0.2) is 0 Å². The maximum atomic E-state index is 12.2. The summed E-state index contributed by atoms with van der Waals surface area (Å²) in [6, 6.07) is 11.5. The number of fused-ring (bicyclic) bond motifs is 1. The first-order valence-electron chi connectivity index (χ1n) is 6.57. The van der Waals surface area contributed by atoms with E-state index in [1.807, 2.05) is 6.07 Å². The Balaban J connectivity index is 1.85. The highest BCUT2D eigenvalue weighted by Gasteiger charge is 2.17. The van der Waals surface area contributed by atoms with E-state index in [9.17, 15) is 14.9 Å². The summed E-state index contributed by atoms with van der Waals surface area (Å²) in [5, 5.41) is 16.7. The largest absolute Gasteiger partial charge is 0.384 e. The van der Waals surface area contributed by atoms with Crippen LogP contribution in [0.5, 0.6) is 0 Å². The van der Waals surface area contributed by atoms with Gasteiger partial charge in [0.05, 0.1) is 4.92 Å². The highest BCUT2D eigenvalue weighted by atomic mass is 16.6. The summed E-state index contributed by atoms with van der Waals surface area (Å²) in [6.45, 7) is 0.866. The zero-order valence-corrected chi connectivity index (χ0v) is 11.1. The average molecular weight is 283 g/mol. The van der Waals surface area contributed by atoms with Crippen molar-refractivity contribution in [2.24, 2.45) is 0 Å². The van der Waals surface area contributed by atoms with Gasteiger partial charge in [0.2, 0.25) is 0 Å². The Kier molecular flexibility index (Phi) is 3.27. The molecule has 2 aromatic carbocycles. The van der Waals surface area contributed by atoms with Gasteiger partial charge in [-0.15, -0.1) is 0 Å². The number of hydrogen-bond donors (Lipinski definition) is 2. The number of hydrogen-bond acceptors (Lipinski definition) is 4. The molecule has 0 saturated carbocycles. The van der Waals surface area contributed by atoms with Crippen LogP contribution in [0.15, 0.2) is 42.5 Å². The molecule has 2 aromatic rings. The van der Waals surface area contributed by atoms with Crippen LogP contribution in [-0.2, 0) is 6.42 Å². The maximum Gasteiger partial charge on any atom is 0.292 e. The van der Waals surface area contributed by atoms with Gasteiger partial charge in [-0.05, 0) is 30.2 Å². The highest BCUT2D eigenvalue weighted by Crippen LogP contribution is 2.26. The van der Waals surface area contributed by atoms with Crippen molar-refractivity contribution in [2.45, 2.75) is 6.42 Å². The number of carbonyl (C=O) groups excluding carboxylic acids is 1. The van der Waals surface area contributed by atoms with Crippen LogP contribution in [-0.4, -0.2) is 17.4 Å². The number of para-hydroxylation sites is 2. The van der Waals surface area contributed by atoms with Crippen LogP contribution < -0.4 is 10.6 Å². The van der Waals surface area contributed by atoms with Crippen molar-refractivity contribution >= 4 is 23.0 Å². The van der Waals surface area contributed by atoms with Crippen LogP contribution >= 0.6 is 0 Å². The minimum absolute atomic E-state index is 0.120. The molecule has 2 N–H and O–H groups in total. The number of nitrogens with one attached hydrogen (secondary N) is 2. The normalized spacial score (nSPS) is 12.4. The Bertz CT molecular complexity index is 728. The fraction of sp³-hybridized carbons (Fsp3) is 0.133. The van der Waals surface area contributed by atoms with E-state index in [1.165, 1.54) is 17.7 Å². The number of carbonyl (C=O) groups is 1. The second-order valence-electron chi connectivity index (χ2n) is 4.78. The van der Waals surface area contributed by atoms with Crippen molar-refractivity contribution in [2.75, 3.05) is 17.2 Å². The molecule has 0 atom stereocenters. The molecule has 0 bridgehead atoms. The van der Waals surface area contributed by atoms with Crippen LogP contribution in [0.2, 0.25) is 0 Å². The lowest BCUT2D eigenvalue weighted by molar-refractivity contribution is -0.383. The summed E-state index contributed by atoms with van der Waals surface area (Å²) in [4.78, 5) is 22.7. The first-order valence-corrected chi connectivity index (χ1v) is 6.57. The molecule has 0 radical (unpaired) electrons. The van der Waals surface area contributed by atoms with Crippen molar-refractivity contribution in [3.05, 3.63) is 63.7 Å². The molecule has 6 heteroatoms. The number of nitrogens with zero attached hydrogens (tertiary/aromatic N) is 1. The molecule has 3 rings (SSSR count). The Morgan fingerprint density at radius 3 is 2.86 bits per heavy atom. The number of amides is 1. The predicted molar refractivity (Wildman–Crippen MR) is 79.7 cm³/mol. The van der Waals surface area contributed by atoms with E-state index in [4.69, 9.17) is 0 Å².